The summed E-state index contributed by atoms with van der Waals surface area (Å²) in [5, 5.41) is 0. The molecule has 1 amide bonds. The standard InChI is InChI=1S/C30H49NO/c1-20(2)9-8-10-21(3)25-13-14-26-24-12-11-23-19-22(28(32)31(6)7)15-17-29(23,4)27(24)16-18-30(25,26)5/h11-12,20-22,25-27H,8-10,13-19H2,1-7H3. The first kappa shape index (κ1) is 24.1. The van der Waals surface area contributed by atoms with Crippen LogP contribution >= 0.6 is 0 Å². The highest BCUT2D eigenvalue weighted by atomic mass is 16.2. The minimum Gasteiger partial charge on any atom is -0.349 e. The fourth-order valence-electron chi connectivity index (χ4n) is 8.60. The Morgan fingerprint density at radius 2 is 1.75 bits per heavy atom. The van der Waals surface area contributed by atoms with Crippen LogP contribution in [0.15, 0.2) is 23.3 Å². The van der Waals surface area contributed by atoms with Gasteiger partial charge < -0.3 is 4.90 Å². The molecule has 0 radical (unpaired) electrons. The van der Waals surface area contributed by atoms with Gasteiger partial charge in [-0.1, -0.05) is 77.2 Å². The summed E-state index contributed by atoms with van der Waals surface area (Å²) in [5.41, 5.74) is 4.15. The molecule has 32 heavy (non-hydrogen) atoms. The normalized spacial score (nSPS) is 39.5. The second-order valence-electron chi connectivity index (χ2n) is 13.1. The third-order valence-electron chi connectivity index (χ3n) is 10.6. The Labute approximate surface area is 198 Å². The lowest BCUT2D eigenvalue weighted by Crippen LogP contribution is -2.47. The fourth-order valence-corrected chi connectivity index (χ4v) is 8.60. The molecule has 4 aliphatic rings. The van der Waals surface area contributed by atoms with Crippen LogP contribution in [0.2, 0.25) is 0 Å². The maximum Gasteiger partial charge on any atom is 0.225 e. The number of rotatable bonds is 6. The Morgan fingerprint density at radius 1 is 1.00 bits per heavy atom. The van der Waals surface area contributed by atoms with Gasteiger partial charge in [-0.15, -0.1) is 0 Å². The number of hydrogen-bond acceptors (Lipinski definition) is 1. The average molecular weight is 440 g/mol. The molecule has 4 rings (SSSR count). The Kier molecular flexibility index (Phi) is 6.74. The van der Waals surface area contributed by atoms with E-state index >= 15 is 0 Å². The summed E-state index contributed by atoms with van der Waals surface area (Å²) in [5.74, 6) is 4.61. The molecule has 0 aromatic carbocycles. The van der Waals surface area contributed by atoms with Crippen molar-refractivity contribution in [3.63, 3.8) is 0 Å². The van der Waals surface area contributed by atoms with E-state index in [0.717, 1.165) is 36.5 Å². The lowest BCUT2D eigenvalue weighted by Gasteiger charge is -2.55. The first-order valence-electron chi connectivity index (χ1n) is 13.7. The molecule has 7 unspecified atom stereocenters. The topological polar surface area (TPSA) is 20.3 Å². The van der Waals surface area contributed by atoms with E-state index < -0.39 is 0 Å². The summed E-state index contributed by atoms with van der Waals surface area (Å²) in [7, 11) is 3.82. The van der Waals surface area contributed by atoms with Crippen LogP contribution in [0.1, 0.15) is 98.8 Å². The molecule has 4 aliphatic carbocycles. The van der Waals surface area contributed by atoms with E-state index in [-0.39, 0.29) is 11.3 Å². The first-order valence-corrected chi connectivity index (χ1v) is 13.7. The molecule has 2 nitrogen and oxygen atoms in total. The molecule has 0 bridgehead atoms. The zero-order chi connectivity index (χ0) is 23.3. The van der Waals surface area contributed by atoms with Gasteiger partial charge in [0, 0.05) is 20.0 Å². The average Bonchev–Trinajstić information content (AvgIpc) is 3.09. The van der Waals surface area contributed by atoms with Crippen LogP contribution in [-0.2, 0) is 4.79 Å². The Bertz CT molecular complexity index is 776. The van der Waals surface area contributed by atoms with Crippen molar-refractivity contribution in [3.8, 4) is 0 Å². The molecule has 0 saturated heterocycles. The smallest absolute Gasteiger partial charge is 0.225 e. The maximum atomic E-state index is 12.6. The van der Waals surface area contributed by atoms with Crippen LogP contribution in [0, 0.1) is 46.3 Å². The van der Waals surface area contributed by atoms with Gasteiger partial charge >= 0.3 is 0 Å². The van der Waals surface area contributed by atoms with Crippen molar-refractivity contribution in [1.29, 1.82) is 0 Å². The molecule has 3 fully saturated rings. The molecule has 0 N–H and O–H groups in total. The monoisotopic (exact) mass is 439 g/mol. The largest absolute Gasteiger partial charge is 0.349 e. The van der Waals surface area contributed by atoms with E-state index in [9.17, 15) is 4.79 Å². The van der Waals surface area contributed by atoms with Gasteiger partial charge in [0.1, 0.15) is 0 Å². The minimum atomic E-state index is 0.190. The molecule has 3 saturated carbocycles. The fraction of sp³-hybridized carbons (Fsp3) is 0.833. The van der Waals surface area contributed by atoms with E-state index in [1.54, 1.807) is 16.0 Å². The molecular formula is C30H49NO. The molecule has 0 aliphatic heterocycles. The van der Waals surface area contributed by atoms with Gasteiger partial charge in [-0.05, 0) is 85.4 Å². The van der Waals surface area contributed by atoms with Crippen LogP contribution in [0.3, 0.4) is 0 Å². The predicted octanol–water partition coefficient (Wildman–Crippen LogP) is 7.65. The van der Waals surface area contributed by atoms with E-state index in [1.807, 2.05) is 14.1 Å². The van der Waals surface area contributed by atoms with Gasteiger partial charge in [-0.2, -0.15) is 0 Å². The molecule has 2 heteroatoms. The van der Waals surface area contributed by atoms with E-state index in [0.29, 0.717) is 17.2 Å². The lowest BCUT2D eigenvalue weighted by molar-refractivity contribution is -0.134. The van der Waals surface area contributed by atoms with Crippen molar-refractivity contribution in [2.75, 3.05) is 14.1 Å². The SMILES string of the molecule is CC(C)CCCC(C)C1CCC2C3=CC=C4CC(C(=O)N(C)C)CCC4(C)C3CCC21C. The third-order valence-corrected chi connectivity index (χ3v) is 10.6. The summed E-state index contributed by atoms with van der Waals surface area (Å²) in [6, 6.07) is 0. The second kappa shape index (κ2) is 8.95. The third kappa shape index (κ3) is 4.03. The van der Waals surface area contributed by atoms with Gasteiger partial charge in [0.15, 0.2) is 0 Å². The maximum absolute atomic E-state index is 12.6. The molecule has 7 atom stereocenters. The summed E-state index contributed by atoms with van der Waals surface area (Å²) < 4.78 is 0. The minimum absolute atomic E-state index is 0.190. The van der Waals surface area contributed by atoms with E-state index in [1.165, 1.54) is 51.4 Å². The summed E-state index contributed by atoms with van der Waals surface area (Å²) in [6.07, 6.45) is 18.0. The Morgan fingerprint density at radius 3 is 2.44 bits per heavy atom. The van der Waals surface area contributed by atoms with Crippen LogP contribution < -0.4 is 0 Å². The highest BCUT2D eigenvalue weighted by molar-refractivity contribution is 5.79. The first-order chi connectivity index (χ1) is 15.1. The predicted molar refractivity (Wildman–Crippen MR) is 135 cm³/mol. The zero-order valence-electron chi connectivity index (χ0n) is 22.0. The van der Waals surface area contributed by atoms with Gasteiger partial charge in [0.2, 0.25) is 5.91 Å². The Hall–Kier alpha value is -1.05. The number of fused-ring (bicyclic) bond motifs is 5. The molecule has 0 spiro atoms. The van der Waals surface area contributed by atoms with Crippen LogP contribution in [-0.4, -0.2) is 24.9 Å². The molecule has 0 aromatic heterocycles. The molecule has 180 valence electrons. The van der Waals surface area contributed by atoms with Crippen LogP contribution in [0.5, 0.6) is 0 Å². The van der Waals surface area contributed by atoms with Crippen molar-refractivity contribution in [2.45, 2.75) is 98.8 Å². The molecular weight excluding hydrogens is 390 g/mol. The van der Waals surface area contributed by atoms with Crippen LogP contribution in [0.25, 0.3) is 0 Å². The van der Waals surface area contributed by atoms with Crippen molar-refractivity contribution in [2.24, 2.45) is 46.3 Å². The Balaban J connectivity index is 1.52. The lowest BCUT2D eigenvalue weighted by atomic mass is 9.49. The second-order valence-corrected chi connectivity index (χ2v) is 13.1. The number of carbonyl (C=O) groups excluding carboxylic acids is 1. The zero-order valence-corrected chi connectivity index (χ0v) is 22.0. The van der Waals surface area contributed by atoms with Gasteiger partial charge in [0.05, 0.1) is 0 Å². The highest BCUT2D eigenvalue weighted by Gasteiger charge is 2.57. The molecule has 0 heterocycles. The van der Waals surface area contributed by atoms with Crippen molar-refractivity contribution in [1.82, 2.24) is 4.90 Å². The van der Waals surface area contributed by atoms with Crippen LogP contribution in [0.4, 0.5) is 0 Å². The summed E-state index contributed by atoms with van der Waals surface area (Å²) >= 11 is 0. The van der Waals surface area contributed by atoms with Gasteiger partial charge in [-0.25, -0.2) is 0 Å². The number of nitrogens with zero attached hydrogens (tertiary/aromatic N) is 1. The van der Waals surface area contributed by atoms with E-state index in [4.69, 9.17) is 0 Å². The summed E-state index contributed by atoms with van der Waals surface area (Å²) in [4.78, 5) is 14.4. The van der Waals surface area contributed by atoms with Gasteiger partial charge in [0.25, 0.3) is 0 Å². The van der Waals surface area contributed by atoms with Crippen molar-refractivity contribution >= 4 is 5.91 Å². The molecule has 0 aromatic rings. The van der Waals surface area contributed by atoms with Crippen molar-refractivity contribution in [3.05, 3.63) is 23.3 Å². The van der Waals surface area contributed by atoms with E-state index in [2.05, 4.69) is 46.8 Å². The summed E-state index contributed by atoms with van der Waals surface area (Å²) in [6.45, 7) is 12.5. The highest BCUT2D eigenvalue weighted by Crippen LogP contribution is 2.66. The quantitative estimate of drug-likeness (QED) is 0.416. The number of amides is 1. The van der Waals surface area contributed by atoms with Crippen molar-refractivity contribution < 1.29 is 4.79 Å². The number of carbonyl (C=O) groups is 1. The number of hydrogen-bond donors (Lipinski definition) is 0. The van der Waals surface area contributed by atoms with Gasteiger partial charge in [-0.3, -0.25) is 4.79 Å². The number of allylic oxidation sites excluding steroid dienone is 4.